The first kappa shape index (κ1) is 13.0. The topological polar surface area (TPSA) is 22.1 Å². The second-order valence-corrected chi connectivity index (χ2v) is 4.62. The van der Waals surface area contributed by atoms with Gasteiger partial charge >= 0.3 is 0 Å². The van der Waals surface area contributed by atoms with E-state index in [2.05, 4.69) is 36.7 Å². The fraction of sp³-hybridized carbons (Fsp3) is 0.267. The van der Waals surface area contributed by atoms with Gasteiger partial charge in [0.15, 0.2) is 0 Å². The molecule has 0 N–H and O–H groups in total. The Morgan fingerprint density at radius 1 is 1.17 bits per heavy atom. The zero-order chi connectivity index (χ0) is 13.1. The lowest BCUT2D eigenvalue weighted by Gasteiger charge is -2.11. The molecule has 1 heterocycles. The lowest BCUT2D eigenvalue weighted by Crippen LogP contribution is -1.95. The van der Waals surface area contributed by atoms with Crippen molar-refractivity contribution in [1.82, 2.24) is 4.98 Å². The van der Waals surface area contributed by atoms with E-state index in [1.165, 1.54) is 5.56 Å². The van der Waals surface area contributed by atoms with Crippen molar-refractivity contribution in [2.24, 2.45) is 0 Å². The van der Waals surface area contributed by atoms with Crippen LogP contribution in [0.15, 0.2) is 30.3 Å². The van der Waals surface area contributed by atoms with Crippen molar-refractivity contribution in [1.29, 1.82) is 0 Å². The molecule has 0 amide bonds. The van der Waals surface area contributed by atoms with E-state index in [9.17, 15) is 0 Å². The van der Waals surface area contributed by atoms with Crippen LogP contribution in [0.2, 0.25) is 0 Å². The molecule has 1 aromatic carbocycles. The van der Waals surface area contributed by atoms with Gasteiger partial charge in [-0.3, -0.25) is 4.98 Å². The summed E-state index contributed by atoms with van der Waals surface area (Å²) in [5.41, 5.74) is 5.35. The van der Waals surface area contributed by atoms with Crippen LogP contribution in [0.4, 0.5) is 0 Å². The highest BCUT2D eigenvalue weighted by molar-refractivity contribution is 7.79. The summed E-state index contributed by atoms with van der Waals surface area (Å²) in [6, 6.07) is 10.2. The maximum atomic E-state index is 5.40. The number of pyridine rings is 1. The van der Waals surface area contributed by atoms with Crippen molar-refractivity contribution in [3.63, 3.8) is 0 Å². The largest absolute Gasteiger partial charge is 0.496 e. The summed E-state index contributed by atoms with van der Waals surface area (Å²) in [4.78, 5) is 4.64. The standard InChI is InChI=1S/C15H17NOS/c1-10-4-7-15(17-3)13(8-10)14-6-5-12(9-18)11(2)16-14/h4-8,18H,9H2,1-3H3. The Morgan fingerprint density at radius 3 is 2.56 bits per heavy atom. The van der Waals surface area contributed by atoms with Gasteiger partial charge in [-0.2, -0.15) is 12.6 Å². The lowest BCUT2D eigenvalue weighted by atomic mass is 10.1. The van der Waals surface area contributed by atoms with E-state index in [1.54, 1.807) is 7.11 Å². The number of hydrogen-bond acceptors (Lipinski definition) is 3. The van der Waals surface area contributed by atoms with Crippen LogP contribution in [-0.2, 0) is 5.75 Å². The minimum absolute atomic E-state index is 0.712. The third kappa shape index (κ3) is 2.51. The quantitative estimate of drug-likeness (QED) is 0.847. The molecule has 0 aliphatic carbocycles. The van der Waals surface area contributed by atoms with Crippen molar-refractivity contribution in [2.75, 3.05) is 7.11 Å². The van der Waals surface area contributed by atoms with E-state index in [-0.39, 0.29) is 0 Å². The molecule has 0 bridgehead atoms. The predicted molar refractivity (Wildman–Crippen MR) is 78.4 cm³/mol. The summed E-state index contributed by atoms with van der Waals surface area (Å²) in [5, 5.41) is 0. The molecule has 2 nitrogen and oxygen atoms in total. The number of thiol groups is 1. The summed E-state index contributed by atoms with van der Waals surface area (Å²) in [7, 11) is 1.68. The minimum Gasteiger partial charge on any atom is -0.496 e. The summed E-state index contributed by atoms with van der Waals surface area (Å²) in [5.74, 6) is 1.57. The normalized spacial score (nSPS) is 10.4. The average molecular weight is 259 g/mol. The third-order valence-electron chi connectivity index (χ3n) is 3.00. The first-order valence-corrected chi connectivity index (χ1v) is 6.51. The summed E-state index contributed by atoms with van der Waals surface area (Å²) < 4.78 is 5.40. The Kier molecular flexibility index (Phi) is 3.92. The Labute approximate surface area is 113 Å². The molecular formula is C15H17NOS. The van der Waals surface area contributed by atoms with Crippen LogP contribution in [0.1, 0.15) is 16.8 Å². The molecule has 1 aromatic heterocycles. The molecule has 0 atom stereocenters. The van der Waals surface area contributed by atoms with Crippen molar-refractivity contribution < 1.29 is 4.74 Å². The molecule has 18 heavy (non-hydrogen) atoms. The van der Waals surface area contributed by atoms with Gasteiger partial charge in [0.2, 0.25) is 0 Å². The summed E-state index contributed by atoms with van der Waals surface area (Å²) in [6.07, 6.45) is 0. The van der Waals surface area contributed by atoms with E-state index in [0.717, 1.165) is 28.3 Å². The highest BCUT2D eigenvalue weighted by Crippen LogP contribution is 2.30. The van der Waals surface area contributed by atoms with E-state index >= 15 is 0 Å². The number of ether oxygens (including phenoxy) is 1. The van der Waals surface area contributed by atoms with Crippen LogP contribution in [0.5, 0.6) is 5.75 Å². The van der Waals surface area contributed by atoms with Gasteiger partial charge in [-0.05, 0) is 37.6 Å². The molecule has 0 unspecified atom stereocenters. The molecule has 94 valence electrons. The van der Waals surface area contributed by atoms with Gasteiger partial charge in [0.05, 0.1) is 12.8 Å². The SMILES string of the molecule is COc1ccc(C)cc1-c1ccc(CS)c(C)n1. The van der Waals surface area contributed by atoms with Crippen molar-refractivity contribution in [3.05, 3.63) is 47.2 Å². The highest BCUT2D eigenvalue weighted by Gasteiger charge is 2.08. The van der Waals surface area contributed by atoms with Crippen LogP contribution < -0.4 is 4.74 Å². The number of methoxy groups -OCH3 is 1. The van der Waals surface area contributed by atoms with Crippen LogP contribution in [0.3, 0.4) is 0 Å². The fourth-order valence-electron chi connectivity index (χ4n) is 1.93. The van der Waals surface area contributed by atoms with Gasteiger partial charge in [0.1, 0.15) is 5.75 Å². The zero-order valence-electron chi connectivity index (χ0n) is 10.9. The molecule has 0 radical (unpaired) electrons. The van der Waals surface area contributed by atoms with Crippen molar-refractivity contribution in [3.8, 4) is 17.0 Å². The van der Waals surface area contributed by atoms with E-state index in [0.29, 0.717) is 5.75 Å². The Hall–Kier alpha value is -1.48. The lowest BCUT2D eigenvalue weighted by molar-refractivity contribution is 0.416. The van der Waals surface area contributed by atoms with Gasteiger partial charge in [-0.25, -0.2) is 0 Å². The maximum Gasteiger partial charge on any atom is 0.128 e. The maximum absolute atomic E-state index is 5.40. The van der Waals surface area contributed by atoms with Crippen molar-refractivity contribution in [2.45, 2.75) is 19.6 Å². The zero-order valence-corrected chi connectivity index (χ0v) is 11.8. The molecular weight excluding hydrogens is 242 g/mol. The first-order valence-electron chi connectivity index (χ1n) is 5.88. The molecule has 0 fully saturated rings. The van der Waals surface area contributed by atoms with Gasteiger partial charge < -0.3 is 4.74 Å². The molecule has 0 spiro atoms. The smallest absolute Gasteiger partial charge is 0.128 e. The molecule has 2 rings (SSSR count). The monoisotopic (exact) mass is 259 g/mol. The number of benzene rings is 1. The molecule has 0 saturated carbocycles. The first-order chi connectivity index (χ1) is 8.65. The van der Waals surface area contributed by atoms with Gasteiger partial charge in [0.25, 0.3) is 0 Å². The Balaban J connectivity index is 2.54. The number of aryl methyl sites for hydroxylation is 2. The fourth-order valence-corrected chi connectivity index (χ4v) is 2.26. The van der Waals surface area contributed by atoms with Gasteiger partial charge in [0, 0.05) is 17.0 Å². The predicted octanol–water partition coefficient (Wildman–Crippen LogP) is 3.80. The third-order valence-corrected chi connectivity index (χ3v) is 3.34. The van der Waals surface area contributed by atoms with Crippen LogP contribution in [0.25, 0.3) is 11.3 Å². The average Bonchev–Trinajstić information content (AvgIpc) is 2.38. The Morgan fingerprint density at radius 2 is 1.94 bits per heavy atom. The number of aromatic nitrogens is 1. The molecule has 0 saturated heterocycles. The Bertz CT molecular complexity index is 566. The van der Waals surface area contributed by atoms with Crippen LogP contribution in [-0.4, -0.2) is 12.1 Å². The van der Waals surface area contributed by atoms with Crippen LogP contribution in [0, 0.1) is 13.8 Å². The molecule has 3 heteroatoms. The molecule has 0 aliphatic rings. The number of hydrogen-bond donors (Lipinski definition) is 1. The summed E-state index contributed by atoms with van der Waals surface area (Å²) >= 11 is 4.29. The number of nitrogens with zero attached hydrogens (tertiary/aromatic N) is 1. The minimum atomic E-state index is 0.712. The second-order valence-electron chi connectivity index (χ2n) is 4.30. The van der Waals surface area contributed by atoms with E-state index in [4.69, 9.17) is 4.74 Å². The summed E-state index contributed by atoms with van der Waals surface area (Å²) in [6.45, 7) is 4.08. The van der Waals surface area contributed by atoms with Gasteiger partial charge in [-0.15, -0.1) is 0 Å². The highest BCUT2D eigenvalue weighted by atomic mass is 32.1. The van der Waals surface area contributed by atoms with Crippen molar-refractivity contribution >= 4 is 12.6 Å². The van der Waals surface area contributed by atoms with E-state index in [1.807, 2.05) is 25.1 Å². The number of rotatable bonds is 3. The molecule has 0 aliphatic heterocycles. The van der Waals surface area contributed by atoms with E-state index < -0.39 is 0 Å². The second kappa shape index (κ2) is 5.44. The van der Waals surface area contributed by atoms with Gasteiger partial charge in [-0.1, -0.05) is 17.7 Å². The molecule has 2 aromatic rings. The van der Waals surface area contributed by atoms with Crippen LogP contribution >= 0.6 is 12.6 Å².